The van der Waals surface area contributed by atoms with Gasteiger partial charge in [0.05, 0.1) is 0 Å². The molecule has 88 valence electrons. The van der Waals surface area contributed by atoms with Gasteiger partial charge in [-0.3, -0.25) is 4.79 Å². The Kier molecular flexibility index (Phi) is 4.52. The lowest BCUT2D eigenvalue weighted by Crippen LogP contribution is -2.06. The van der Waals surface area contributed by atoms with Crippen LogP contribution in [0.1, 0.15) is 35.2 Å². The van der Waals surface area contributed by atoms with E-state index in [9.17, 15) is 18.0 Å². The Hall–Kier alpha value is -1.32. The molecule has 0 aromatic heterocycles. The maximum atomic E-state index is 11.8. The highest BCUT2D eigenvalue weighted by Crippen LogP contribution is 2.22. The highest BCUT2D eigenvalue weighted by Gasteiger charge is 2.25. The highest BCUT2D eigenvalue weighted by atomic mass is 19.4. The van der Waals surface area contributed by atoms with E-state index in [0.717, 1.165) is 11.8 Å². The first-order valence-corrected chi connectivity index (χ1v) is 5.12. The lowest BCUT2D eigenvalue weighted by Gasteiger charge is -2.05. The van der Waals surface area contributed by atoms with Gasteiger partial charge in [-0.25, -0.2) is 0 Å². The van der Waals surface area contributed by atoms with E-state index in [1.165, 1.54) is 0 Å². The second-order valence-electron chi connectivity index (χ2n) is 3.68. The molecule has 0 radical (unpaired) electrons. The fourth-order valence-electron chi connectivity index (χ4n) is 1.42. The van der Waals surface area contributed by atoms with Crippen molar-refractivity contribution in [3.8, 4) is 0 Å². The van der Waals surface area contributed by atoms with Gasteiger partial charge >= 0.3 is 6.18 Å². The van der Waals surface area contributed by atoms with Gasteiger partial charge < -0.3 is 0 Å². The summed E-state index contributed by atoms with van der Waals surface area (Å²) in [6.45, 7) is 0. The monoisotopic (exact) mass is 230 g/mol. The standard InChI is InChI=1S/C12H13F3O/c13-12(14,15)8-2-1-3-10-4-6-11(9-16)7-5-10/h4-7,9H,1-3,8H2. The van der Waals surface area contributed by atoms with Crippen LogP contribution in [0.25, 0.3) is 0 Å². The summed E-state index contributed by atoms with van der Waals surface area (Å²) in [5.74, 6) is 0. The molecular formula is C12H13F3O. The summed E-state index contributed by atoms with van der Waals surface area (Å²) in [7, 11) is 0. The van der Waals surface area contributed by atoms with E-state index in [-0.39, 0.29) is 6.42 Å². The quantitative estimate of drug-likeness (QED) is 0.555. The maximum absolute atomic E-state index is 11.8. The van der Waals surface area contributed by atoms with Gasteiger partial charge in [0.1, 0.15) is 6.29 Å². The van der Waals surface area contributed by atoms with Gasteiger partial charge in [0.15, 0.2) is 0 Å². The maximum Gasteiger partial charge on any atom is 0.389 e. The third-order valence-electron chi connectivity index (χ3n) is 2.29. The van der Waals surface area contributed by atoms with Crippen LogP contribution in [0.5, 0.6) is 0 Å². The van der Waals surface area contributed by atoms with E-state index in [4.69, 9.17) is 0 Å². The van der Waals surface area contributed by atoms with Crippen LogP contribution in [0.15, 0.2) is 24.3 Å². The number of carbonyl (C=O) groups excluding carboxylic acids is 1. The summed E-state index contributed by atoms with van der Waals surface area (Å²) in [6.07, 6.45) is -2.75. The first-order valence-electron chi connectivity index (χ1n) is 5.12. The number of rotatable bonds is 5. The summed E-state index contributed by atoms with van der Waals surface area (Å²) in [5.41, 5.74) is 1.55. The van der Waals surface area contributed by atoms with E-state index >= 15 is 0 Å². The Labute approximate surface area is 92.3 Å². The van der Waals surface area contributed by atoms with E-state index < -0.39 is 12.6 Å². The van der Waals surface area contributed by atoms with E-state index in [2.05, 4.69) is 0 Å². The minimum Gasteiger partial charge on any atom is -0.298 e. The molecule has 0 heterocycles. The Morgan fingerprint density at radius 1 is 1.06 bits per heavy atom. The van der Waals surface area contributed by atoms with Crippen molar-refractivity contribution in [1.82, 2.24) is 0 Å². The van der Waals surface area contributed by atoms with Crippen molar-refractivity contribution in [1.29, 1.82) is 0 Å². The zero-order chi connectivity index (χ0) is 12.0. The summed E-state index contributed by atoms with van der Waals surface area (Å²) < 4.78 is 35.5. The van der Waals surface area contributed by atoms with Crippen LogP contribution in [-0.2, 0) is 6.42 Å². The lowest BCUT2D eigenvalue weighted by atomic mass is 10.1. The van der Waals surface area contributed by atoms with Gasteiger partial charge in [-0.2, -0.15) is 13.2 Å². The third-order valence-corrected chi connectivity index (χ3v) is 2.29. The summed E-state index contributed by atoms with van der Waals surface area (Å²) in [5, 5.41) is 0. The third kappa shape index (κ3) is 4.96. The summed E-state index contributed by atoms with van der Waals surface area (Å²) >= 11 is 0. The van der Waals surface area contributed by atoms with Crippen molar-refractivity contribution in [2.75, 3.05) is 0 Å². The Bertz CT molecular complexity index is 327. The van der Waals surface area contributed by atoms with Crippen LogP contribution in [0.4, 0.5) is 13.2 Å². The molecule has 16 heavy (non-hydrogen) atoms. The Morgan fingerprint density at radius 2 is 1.69 bits per heavy atom. The minimum absolute atomic E-state index is 0.152. The normalized spacial score (nSPS) is 11.4. The van der Waals surface area contributed by atoms with Crippen LogP contribution in [-0.4, -0.2) is 12.5 Å². The van der Waals surface area contributed by atoms with Crippen LogP contribution in [0, 0.1) is 0 Å². The molecule has 1 aromatic carbocycles. The van der Waals surface area contributed by atoms with Gasteiger partial charge in [-0.15, -0.1) is 0 Å². The Morgan fingerprint density at radius 3 is 2.19 bits per heavy atom. The van der Waals surface area contributed by atoms with Gasteiger partial charge in [0.2, 0.25) is 0 Å². The number of hydrogen-bond acceptors (Lipinski definition) is 1. The highest BCUT2D eigenvalue weighted by molar-refractivity contribution is 5.74. The molecule has 1 aromatic rings. The molecule has 0 aliphatic carbocycles. The molecule has 0 fully saturated rings. The summed E-state index contributed by atoms with van der Waals surface area (Å²) in [4.78, 5) is 10.4. The van der Waals surface area contributed by atoms with E-state index in [1.54, 1.807) is 24.3 Å². The molecule has 0 aliphatic heterocycles. The predicted molar refractivity (Wildman–Crippen MR) is 55.4 cm³/mol. The fourth-order valence-corrected chi connectivity index (χ4v) is 1.42. The molecule has 0 saturated carbocycles. The summed E-state index contributed by atoms with van der Waals surface area (Å²) in [6, 6.07) is 6.90. The van der Waals surface area contributed by atoms with Crippen molar-refractivity contribution in [2.24, 2.45) is 0 Å². The second-order valence-corrected chi connectivity index (χ2v) is 3.68. The number of aldehydes is 1. The van der Waals surface area contributed by atoms with Gasteiger partial charge in [-0.1, -0.05) is 24.3 Å². The topological polar surface area (TPSA) is 17.1 Å². The van der Waals surface area contributed by atoms with Crippen molar-refractivity contribution in [2.45, 2.75) is 31.9 Å². The molecular weight excluding hydrogens is 217 g/mol. The largest absolute Gasteiger partial charge is 0.389 e. The average Bonchev–Trinajstić information content (AvgIpc) is 2.24. The molecule has 4 heteroatoms. The molecule has 0 amide bonds. The number of carbonyl (C=O) groups is 1. The number of alkyl halides is 3. The number of unbranched alkanes of at least 4 members (excludes halogenated alkanes) is 1. The first kappa shape index (κ1) is 12.7. The average molecular weight is 230 g/mol. The van der Waals surface area contributed by atoms with E-state index in [0.29, 0.717) is 18.4 Å². The smallest absolute Gasteiger partial charge is 0.298 e. The molecule has 0 unspecified atom stereocenters. The molecule has 0 spiro atoms. The van der Waals surface area contributed by atoms with Crippen molar-refractivity contribution in [3.05, 3.63) is 35.4 Å². The van der Waals surface area contributed by atoms with Crippen LogP contribution in [0.3, 0.4) is 0 Å². The van der Waals surface area contributed by atoms with Crippen LogP contribution < -0.4 is 0 Å². The zero-order valence-corrected chi connectivity index (χ0v) is 8.76. The predicted octanol–water partition coefficient (Wildman–Crippen LogP) is 3.77. The van der Waals surface area contributed by atoms with Gasteiger partial charge in [-0.05, 0) is 24.8 Å². The van der Waals surface area contributed by atoms with Crippen LogP contribution >= 0.6 is 0 Å². The second kappa shape index (κ2) is 5.68. The van der Waals surface area contributed by atoms with Crippen LogP contribution in [0.2, 0.25) is 0 Å². The zero-order valence-electron chi connectivity index (χ0n) is 8.76. The SMILES string of the molecule is O=Cc1ccc(CCCCC(F)(F)F)cc1. The van der Waals surface area contributed by atoms with Crippen molar-refractivity contribution in [3.63, 3.8) is 0 Å². The molecule has 0 aliphatic rings. The fraction of sp³-hybridized carbons (Fsp3) is 0.417. The van der Waals surface area contributed by atoms with Crippen molar-refractivity contribution >= 4 is 6.29 Å². The molecule has 1 nitrogen and oxygen atoms in total. The number of halogens is 3. The Balaban J connectivity index is 2.29. The minimum atomic E-state index is -4.05. The lowest BCUT2D eigenvalue weighted by molar-refractivity contribution is -0.135. The van der Waals surface area contributed by atoms with E-state index in [1.807, 2.05) is 0 Å². The number of benzene rings is 1. The molecule has 0 bridgehead atoms. The van der Waals surface area contributed by atoms with Gasteiger partial charge in [0.25, 0.3) is 0 Å². The van der Waals surface area contributed by atoms with Gasteiger partial charge in [0, 0.05) is 12.0 Å². The molecule has 0 atom stereocenters. The molecule has 0 saturated heterocycles. The number of hydrogen-bond donors (Lipinski definition) is 0. The van der Waals surface area contributed by atoms with Crippen molar-refractivity contribution < 1.29 is 18.0 Å². The molecule has 0 N–H and O–H groups in total. The number of aryl methyl sites for hydroxylation is 1. The first-order chi connectivity index (χ1) is 7.51. The molecule has 1 rings (SSSR count).